The van der Waals surface area contributed by atoms with Gasteiger partial charge >= 0.3 is 5.97 Å². The van der Waals surface area contributed by atoms with Crippen molar-refractivity contribution in [2.75, 3.05) is 13.7 Å². The summed E-state index contributed by atoms with van der Waals surface area (Å²) in [5, 5.41) is 10.3. The van der Waals surface area contributed by atoms with E-state index in [-0.39, 0.29) is 12.4 Å². The van der Waals surface area contributed by atoms with Crippen molar-refractivity contribution in [3.05, 3.63) is 17.0 Å². The molecule has 0 unspecified atom stereocenters. The molecule has 0 radical (unpaired) electrons. The summed E-state index contributed by atoms with van der Waals surface area (Å²) >= 11 is 0. The Hall–Kier alpha value is -1.36. The molecule has 1 aliphatic heterocycles. The van der Waals surface area contributed by atoms with Crippen LogP contribution in [0.1, 0.15) is 17.0 Å². The summed E-state index contributed by atoms with van der Waals surface area (Å²) < 4.78 is 4.60. The van der Waals surface area contributed by atoms with Crippen LogP contribution in [0.4, 0.5) is 0 Å². The molecule has 1 aliphatic rings. The van der Waals surface area contributed by atoms with Crippen molar-refractivity contribution in [3.8, 4) is 0 Å². The minimum Gasteiger partial charge on any atom is -0.469 e. The van der Waals surface area contributed by atoms with Crippen LogP contribution < -0.4 is 5.32 Å². The number of nitrogens with zero attached hydrogens (tertiary/aromatic N) is 1. The number of rotatable bonds is 2. The third kappa shape index (κ3) is 1.63. The van der Waals surface area contributed by atoms with Crippen LogP contribution in [0.2, 0.25) is 0 Å². The minimum absolute atomic E-state index is 0.245. The summed E-state index contributed by atoms with van der Waals surface area (Å²) in [5.41, 5.74) is 3.07. The highest BCUT2D eigenvalue weighted by atomic mass is 16.5. The predicted octanol–water partition coefficient (Wildman–Crippen LogP) is -0.229. The average molecular weight is 195 g/mol. The van der Waals surface area contributed by atoms with Crippen molar-refractivity contribution in [2.45, 2.75) is 19.4 Å². The number of methoxy groups -OCH3 is 1. The summed E-state index contributed by atoms with van der Waals surface area (Å²) in [6.45, 7) is 1.75. The van der Waals surface area contributed by atoms with Gasteiger partial charge in [0.25, 0.3) is 0 Å². The molecule has 5 nitrogen and oxygen atoms in total. The number of ether oxygens (including phenoxy) is 1. The molecule has 2 heterocycles. The van der Waals surface area contributed by atoms with Crippen LogP contribution in [0.3, 0.4) is 0 Å². The second kappa shape index (κ2) is 3.79. The van der Waals surface area contributed by atoms with E-state index in [1.165, 1.54) is 7.11 Å². The quantitative estimate of drug-likeness (QED) is 0.640. The predicted molar refractivity (Wildman–Crippen MR) is 49.7 cm³/mol. The summed E-state index contributed by atoms with van der Waals surface area (Å²) in [7, 11) is 1.39. The fourth-order valence-corrected chi connectivity index (χ4v) is 1.64. The van der Waals surface area contributed by atoms with E-state index < -0.39 is 0 Å². The first kappa shape index (κ1) is 9.21. The largest absolute Gasteiger partial charge is 0.469 e. The first-order valence-corrected chi connectivity index (χ1v) is 4.64. The van der Waals surface area contributed by atoms with Crippen LogP contribution in [0.15, 0.2) is 0 Å². The van der Waals surface area contributed by atoms with Gasteiger partial charge in [-0.05, 0) is 0 Å². The molecule has 0 fully saturated rings. The lowest BCUT2D eigenvalue weighted by Gasteiger charge is -2.12. The Kier molecular flexibility index (Phi) is 2.49. The molecule has 1 aromatic heterocycles. The fourth-order valence-electron chi connectivity index (χ4n) is 1.64. The molecule has 5 heteroatoms. The maximum Gasteiger partial charge on any atom is 0.311 e. The summed E-state index contributed by atoms with van der Waals surface area (Å²) in [5.74, 6) is -0.245. The Morgan fingerprint density at radius 2 is 2.50 bits per heavy atom. The van der Waals surface area contributed by atoms with Gasteiger partial charge in [-0.15, -0.1) is 0 Å². The van der Waals surface area contributed by atoms with E-state index in [4.69, 9.17) is 0 Å². The van der Waals surface area contributed by atoms with Crippen molar-refractivity contribution in [1.82, 2.24) is 15.5 Å². The number of hydrogen-bond donors (Lipinski definition) is 2. The van der Waals surface area contributed by atoms with E-state index in [1.807, 2.05) is 0 Å². The van der Waals surface area contributed by atoms with Crippen LogP contribution in [0.25, 0.3) is 0 Å². The topological polar surface area (TPSA) is 67.0 Å². The number of aromatic amines is 1. The third-order valence-electron chi connectivity index (χ3n) is 2.43. The molecule has 2 rings (SSSR count). The Bertz CT molecular complexity index is 346. The number of fused-ring (bicyclic) bond motifs is 1. The van der Waals surface area contributed by atoms with Crippen molar-refractivity contribution in [1.29, 1.82) is 0 Å². The van der Waals surface area contributed by atoms with E-state index in [9.17, 15) is 4.79 Å². The van der Waals surface area contributed by atoms with Gasteiger partial charge in [0.05, 0.1) is 19.2 Å². The molecular formula is C9H13N3O2. The van der Waals surface area contributed by atoms with Crippen molar-refractivity contribution in [2.24, 2.45) is 0 Å². The smallest absolute Gasteiger partial charge is 0.311 e. The van der Waals surface area contributed by atoms with Gasteiger partial charge in [0.1, 0.15) is 0 Å². The molecule has 1 aromatic rings. The SMILES string of the molecule is COC(=O)Cc1n[nH]c2c1CNCC2. The molecule has 0 bridgehead atoms. The molecule has 76 valence electrons. The van der Waals surface area contributed by atoms with Gasteiger partial charge < -0.3 is 10.1 Å². The lowest BCUT2D eigenvalue weighted by molar-refractivity contribution is -0.139. The van der Waals surface area contributed by atoms with Crippen molar-refractivity contribution in [3.63, 3.8) is 0 Å². The first-order chi connectivity index (χ1) is 6.81. The van der Waals surface area contributed by atoms with Gasteiger partial charge in [-0.2, -0.15) is 5.10 Å². The van der Waals surface area contributed by atoms with Crippen molar-refractivity contribution < 1.29 is 9.53 Å². The normalized spacial score (nSPS) is 14.9. The lowest BCUT2D eigenvalue weighted by Crippen LogP contribution is -2.24. The van der Waals surface area contributed by atoms with Crippen LogP contribution in [0.5, 0.6) is 0 Å². The minimum atomic E-state index is -0.245. The molecule has 2 N–H and O–H groups in total. The van der Waals surface area contributed by atoms with E-state index in [0.29, 0.717) is 0 Å². The Morgan fingerprint density at radius 1 is 1.64 bits per heavy atom. The van der Waals surface area contributed by atoms with Gasteiger partial charge in [-0.25, -0.2) is 0 Å². The summed E-state index contributed by atoms with van der Waals surface area (Å²) in [6, 6.07) is 0. The van der Waals surface area contributed by atoms with Gasteiger partial charge in [-0.1, -0.05) is 0 Å². The molecular weight excluding hydrogens is 182 g/mol. The number of nitrogens with one attached hydrogen (secondary N) is 2. The fraction of sp³-hybridized carbons (Fsp3) is 0.556. The zero-order valence-electron chi connectivity index (χ0n) is 8.09. The maximum atomic E-state index is 11.1. The highest BCUT2D eigenvalue weighted by Crippen LogP contribution is 2.15. The van der Waals surface area contributed by atoms with Crippen LogP contribution in [-0.4, -0.2) is 29.8 Å². The lowest BCUT2D eigenvalue weighted by atomic mass is 10.1. The molecule has 0 aromatic carbocycles. The first-order valence-electron chi connectivity index (χ1n) is 4.64. The van der Waals surface area contributed by atoms with Crippen LogP contribution in [-0.2, 0) is 28.9 Å². The number of aromatic nitrogens is 2. The molecule has 0 spiro atoms. The van der Waals surface area contributed by atoms with E-state index in [1.54, 1.807) is 0 Å². The summed E-state index contributed by atoms with van der Waals surface area (Å²) in [6.07, 6.45) is 1.20. The number of hydrogen-bond acceptors (Lipinski definition) is 4. The molecule has 14 heavy (non-hydrogen) atoms. The molecule has 0 aliphatic carbocycles. The number of H-pyrrole nitrogens is 1. The maximum absolute atomic E-state index is 11.1. The third-order valence-corrected chi connectivity index (χ3v) is 2.43. The standard InChI is InChI=1S/C9H13N3O2/c1-14-9(13)4-8-6-5-10-3-2-7(6)11-12-8/h10H,2-5H2,1H3,(H,11,12). The number of carbonyl (C=O) groups excluding carboxylic acids is 1. The van der Waals surface area contributed by atoms with E-state index in [0.717, 1.165) is 36.5 Å². The van der Waals surface area contributed by atoms with Crippen molar-refractivity contribution >= 4 is 5.97 Å². The second-order valence-electron chi connectivity index (χ2n) is 3.31. The number of esters is 1. The highest BCUT2D eigenvalue weighted by molar-refractivity contribution is 5.72. The van der Waals surface area contributed by atoms with E-state index >= 15 is 0 Å². The molecule has 0 saturated carbocycles. The molecule has 0 atom stereocenters. The Morgan fingerprint density at radius 3 is 3.29 bits per heavy atom. The summed E-state index contributed by atoms with van der Waals surface area (Å²) in [4.78, 5) is 11.1. The van der Waals surface area contributed by atoms with Gasteiger partial charge in [0.2, 0.25) is 0 Å². The second-order valence-corrected chi connectivity index (χ2v) is 3.31. The van der Waals surface area contributed by atoms with Crippen LogP contribution in [0, 0.1) is 0 Å². The zero-order chi connectivity index (χ0) is 9.97. The molecule has 0 amide bonds. The Balaban J connectivity index is 2.18. The monoisotopic (exact) mass is 195 g/mol. The van der Waals surface area contributed by atoms with E-state index in [2.05, 4.69) is 20.3 Å². The van der Waals surface area contributed by atoms with Crippen LogP contribution >= 0.6 is 0 Å². The molecule has 0 saturated heterocycles. The van der Waals surface area contributed by atoms with Gasteiger partial charge in [-0.3, -0.25) is 9.89 Å². The highest BCUT2D eigenvalue weighted by Gasteiger charge is 2.18. The average Bonchev–Trinajstić information content (AvgIpc) is 2.62. The van der Waals surface area contributed by atoms with Gasteiger partial charge in [0.15, 0.2) is 0 Å². The number of carbonyl (C=O) groups is 1. The van der Waals surface area contributed by atoms with Gasteiger partial charge in [0, 0.05) is 30.8 Å². The zero-order valence-corrected chi connectivity index (χ0v) is 8.09. The Labute approximate surface area is 81.8 Å².